The molecule has 2 aromatic carbocycles. The SMILES string of the molecule is CC(C)=NOc1ccc(OCCCCCOc2c(Cl)cc(OCC=C(Cl)Cl)cc2Cl)cc1. The van der Waals surface area contributed by atoms with Crippen molar-refractivity contribution in [2.45, 2.75) is 33.1 Å². The smallest absolute Gasteiger partial charge is 0.158 e. The molecule has 0 bridgehead atoms. The lowest BCUT2D eigenvalue weighted by molar-refractivity contribution is 0.278. The molecule has 0 spiro atoms. The molecule has 0 unspecified atom stereocenters. The lowest BCUT2D eigenvalue weighted by atomic mass is 10.2. The molecule has 2 rings (SSSR count). The van der Waals surface area contributed by atoms with Gasteiger partial charge in [-0.05, 0) is 63.5 Å². The quantitative estimate of drug-likeness (QED) is 0.152. The second-order valence-electron chi connectivity index (χ2n) is 6.88. The Morgan fingerprint density at radius 3 is 2.00 bits per heavy atom. The van der Waals surface area contributed by atoms with E-state index in [9.17, 15) is 0 Å². The highest BCUT2D eigenvalue weighted by atomic mass is 35.5. The molecule has 0 aliphatic carbocycles. The van der Waals surface area contributed by atoms with Crippen molar-refractivity contribution < 1.29 is 19.0 Å². The average Bonchev–Trinajstić information content (AvgIpc) is 2.73. The molecule has 0 saturated heterocycles. The fourth-order valence-electron chi connectivity index (χ4n) is 2.44. The lowest BCUT2D eigenvalue weighted by Crippen LogP contribution is -2.02. The van der Waals surface area contributed by atoms with Gasteiger partial charge in [0, 0.05) is 12.1 Å². The highest BCUT2D eigenvalue weighted by Crippen LogP contribution is 2.37. The number of nitrogens with zero attached hydrogens (tertiary/aromatic N) is 1. The summed E-state index contributed by atoms with van der Waals surface area (Å²) < 4.78 is 17.1. The van der Waals surface area contributed by atoms with Crippen LogP contribution in [-0.2, 0) is 0 Å². The van der Waals surface area contributed by atoms with Gasteiger partial charge >= 0.3 is 0 Å². The molecule has 0 fully saturated rings. The van der Waals surface area contributed by atoms with Crippen LogP contribution in [0, 0.1) is 0 Å². The molecule has 174 valence electrons. The van der Waals surface area contributed by atoms with Crippen LogP contribution in [0.3, 0.4) is 0 Å². The van der Waals surface area contributed by atoms with Crippen LogP contribution in [0.25, 0.3) is 0 Å². The monoisotopic (exact) mass is 519 g/mol. The molecule has 0 aliphatic heterocycles. The molecule has 0 radical (unpaired) electrons. The van der Waals surface area contributed by atoms with Gasteiger partial charge in [-0.2, -0.15) is 0 Å². The van der Waals surface area contributed by atoms with Crippen LogP contribution in [0.2, 0.25) is 10.0 Å². The van der Waals surface area contributed by atoms with Gasteiger partial charge in [0.25, 0.3) is 0 Å². The summed E-state index contributed by atoms with van der Waals surface area (Å²) in [5.41, 5.74) is 0.853. The largest absolute Gasteiger partial charge is 0.494 e. The van der Waals surface area contributed by atoms with E-state index in [-0.39, 0.29) is 11.1 Å². The van der Waals surface area contributed by atoms with Crippen LogP contribution in [0.15, 0.2) is 52.1 Å². The summed E-state index contributed by atoms with van der Waals surface area (Å²) in [6.07, 6.45) is 4.19. The first-order valence-electron chi connectivity index (χ1n) is 10.0. The third-order valence-corrected chi connectivity index (χ3v) is 4.79. The molecule has 5 nitrogen and oxygen atoms in total. The third kappa shape index (κ3) is 10.2. The maximum absolute atomic E-state index is 6.26. The minimum absolute atomic E-state index is 0.132. The van der Waals surface area contributed by atoms with Gasteiger partial charge in [0.15, 0.2) is 11.5 Å². The Bertz CT molecular complexity index is 886. The standard InChI is InChI=1S/C23H25Cl4NO4/c1-16(2)28-32-18-8-6-17(7-9-18)29-11-4-3-5-12-31-23-20(24)14-19(15-21(23)25)30-13-10-22(26)27/h6-10,14-15H,3-5,11-13H2,1-2H3. The molecule has 0 aromatic heterocycles. The van der Waals surface area contributed by atoms with E-state index in [2.05, 4.69) is 5.16 Å². The molecule has 0 heterocycles. The van der Waals surface area contributed by atoms with E-state index in [1.54, 1.807) is 12.1 Å². The van der Waals surface area contributed by atoms with Crippen LogP contribution >= 0.6 is 46.4 Å². The zero-order valence-corrected chi connectivity index (χ0v) is 20.9. The molecular weight excluding hydrogens is 496 g/mol. The van der Waals surface area contributed by atoms with Crippen molar-refractivity contribution in [2.24, 2.45) is 5.16 Å². The van der Waals surface area contributed by atoms with Crippen LogP contribution < -0.4 is 19.0 Å². The fourth-order valence-corrected chi connectivity index (χ4v) is 3.15. The summed E-state index contributed by atoms with van der Waals surface area (Å²) in [6.45, 7) is 5.06. The predicted molar refractivity (Wildman–Crippen MR) is 132 cm³/mol. The van der Waals surface area contributed by atoms with Crippen LogP contribution in [0.1, 0.15) is 33.1 Å². The zero-order chi connectivity index (χ0) is 23.3. The van der Waals surface area contributed by atoms with E-state index in [0.717, 1.165) is 30.7 Å². The summed E-state index contributed by atoms with van der Waals surface area (Å²) in [4.78, 5) is 5.26. The van der Waals surface area contributed by atoms with Crippen molar-refractivity contribution in [3.8, 4) is 23.0 Å². The Balaban J connectivity index is 1.65. The third-order valence-electron chi connectivity index (χ3n) is 3.92. The predicted octanol–water partition coefficient (Wildman–Crippen LogP) is 8.09. The van der Waals surface area contributed by atoms with Gasteiger partial charge in [-0.3, -0.25) is 0 Å². The number of ether oxygens (including phenoxy) is 3. The average molecular weight is 521 g/mol. The first-order chi connectivity index (χ1) is 15.3. The van der Waals surface area contributed by atoms with E-state index in [1.165, 1.54) is 6.08 Å². The molecule has 0 atom stereocenters. The number of benzene rings is 2. The Hall–Kier alpha value is -1.79. The van der Waals surface area contributed by atoms with E-state index in [4.69, 9.17) is 65.5 Å². The number of rotatable bonds is 13. The number of unbranched alkanes of at least 4 members (excludes halogenated alkanes) is 2. The highest BCUT2D eigenvalue weighted by molar-refractivity contribution is 6.55. The summed E-state index contributed by atoms with van der Waals surface area (Å²) in [6, 6.07) is 10.6. The molecule has 0 amide bonds. The maximum Gasteiger partial charge on any atom is 0.158 e. The first-order valence-corrected chi connectivity index (χ1v) is 11.5. The number of hydrogen-bond acceptors (Lipinski definition) is 5. The molecule has 0 N–H and O–H groups in total. The number of halogens is 4. The highest BCUT2D eigenvalue weighted by Gasteiger charge is 2.10. The van der Waals surface area contributed by atoms with Gasteiger partial charge in [-0.25, -0.2) is 0 Å². The summed E-state index contributed by atoms with van der Waals surface area (Å²) in [5, 5.41) is 4.67. The van der Waals surface area contributed by atoms with Crippen molar-refractivity contribution in [3.05, 3.63) is 57.0 Å². The molecule has 0 saturated carbocycles. The Morgan fingerprint density at radius 1 is 0.812 bits per heavy atom. The Morgan fingerprint density at radius 2 is 1.41 bits per heavy atom. The van der Waals surface area contributed by atoms with Crippen molar-refractivity contribution in [1.82, 2.24) is 0 Å². The maximum atomic E-state index is 6.26. The summed E-state index contributed by atoms with van der Waals surface area (Å²) in [7, 11) is 0. The van der Waals surface area contributed by atoms with Gasteiger partial charge in [-0.15, -0.1) is 0 Å². The minimum Gasteiger partial charge on any atom is -0.494 e. The van der Waals surface area contributed by atoms with E-state index >= 15 is 0 Å². The molecule has 32 heavy (non-hydrogen) atoms. The van der Waals surface area contributed by atoms with Crippen LogP contribution in [-0.4, -0.2) is 25.5 Å². The second kappa shape index (κ2) is 14.4. The number of hydrogen-bond donors (Lipinski definition) is 0. The minimum atomic E-state index is 0.132. The van der Waals surface area contributed by atoms with E-state index in [1.807, 2.05) is 38.1 Å². The Kier molecular flexibility index (Phi) is 11.9. The molecule has 2 aromatic rings. The van der Waals surface area contributed by atoms with Crippen molar-refractivity contribution in [2.75, 3.05) is 19.8 Å². The van der Waals surface area contributed by atoms with Crippen molar-refractivity contribution in [3.63, 3.8) is 0 Å². The second-order valence-corrected chi connectivity index (χ2v) is 8.70. The molecule has 9 heteroatoms. The summed E-state index contributed by atoms with van der Waals surface area (Å²) in [5.74, 6) is 2.40. The van der Waals surface area contributed by atoms with Crippen LogP contribution in [0.4, 0.5) is 0 Å². The first kappa shape index (κ1) is 26.5. The zero-order valence-electron chi connectivity index (χ0n) is 17.9. The van der Waals surface area contributed by atoms with Gasteiger partial charge in [-0.1, -0.05) is 51.6 Å². The van der Waals surface area contributed by atoms with E-state index < -0.39 is 0 Å². The van der Waals surface area contributed by atoms with Gasteiger partial charge in [0.05, 0.1) is 29.0 Å². The fraction of sp³-hybridized carbons (Fsp3) is 0.348. The van der Waals surface area contributed by atoms with Crippen molar-refractivity contribution in [1.29, 1.82) is 0 Å². The topological polar surface area (TPSA) is 49.3 Å². The van der Waals surface area contributed by atoms with Crippen LogP contribution in [0.5, 0.6) is 23.0 Å². The van der Waals surface area contributed by atoms with E-state index in [0.29, 0.717) is 40.5 Å². The van der Waals surface area contributed by atoms with Crippen molar-refractivity contribution >= 4 is 52.1 Å². The normalized spacial score (nSPS) is 10.3. The van der Waals surface area contributed by atoms with Gasteiger partial charge < -0.3 is 19.0 Å². The van der Waals surface area contributed by atoms with Gasteiger partial charge in [0.2, 0.25) is 0 Å². The Labute approximate surface area is 208 Å². The summed E-state index contributed by atoms with van der Waals surface area (Å²) >= 11 is 23.6. The lowest BCUT2D eigenvalue weighted by Gasteiger charge is -2.12. The van der Waals surface area contributed by atoms with Gasteiger partial charge in [0.1, 0.15) is 22.6 Å². The molecular formula is C23H25Cl4NO4. The number of oxime groups is 1. The molecule has 0 aliphatic rings.